The first-order valence-corrected chi connectivity index (χ1v) is 8.81. The maximum absolute atomic E-state index is 13.0. The van der Waals surface area contributed by atoms with Gasteiger partial charge in [-0.05, 0) is 37.5 Å². The highest BCUT2D eigenvalue weighted by Crippen LogP contribution is 2.50. The fourth-order valence-electron chi connectivity index (χ4n) is 4.31. The Morgan fingerprint density at radius 3 is 2.63 bits per heavy atom. The highest BCUT2D eigenvalue weighted by molar-refractivity contribution is 5.82. The van der Waals surface area contributed by atoms with E-state index in [0.717, 1.165) is 29.5 Å². The van der Waals surface area contributed by atoms with E-state index in [0.29, 0.717) is 18.7 Å². The summed E-state index contributed by atoms with van der Waals surface area (Å²) in [5.74, 6) is -0.329. The van der Waals surface area contributed by atoms with Crippen LogP contribution in [-0.2, 0) is 11.0 Å². The first-order chi connectivity index (χ1) is 12.8. The van der Waals surface area contributed by atoms with Crippen LogP contribution in [0, 0.1) is 5.92 Å². The average molecular weight is 379 g/mol. The topological polar surface area (TPSA) is 67.5 Å². The number of aromatic hydroxyl groups is 1. The molecule has 2 aliphatic heterocycles. The Bertz CT molecular complexity index is 1020. The van der Waals surface area contributed by atoms with Crippen molar-refractivity contribution in [2.45, 2.75) is 37.5 Å². The number of carbonyl (C=O) groups is 1. The number of hydrogen-bond donors (Lipinski definition) is 1. The number of likely N-dealkylation sites (tertiary alicyclic amines) is 1. The Morgan fingerprint density at radius 2 is 1.96 bits per heavy atom. The second kappa shape index (κ2) is 5.17. The van der Waals surface area contributed by atoms with Gasteiger partial charge in [-0.15, -0.1) is 0 Å². The molecule has 0 radical (unpaired) electrons. The van der Waals surface area contributed by atoms with Crippen molar-refractivity contribution in [1.29, 1.82) is 0 Å². The van der Waals surface area contributed by atoms with E-state index in [9.17, 15) is 27.9 Å². The molecule has 142 valence electrons. The molecule has 2 aromatic rings. The number of benzene rings is 1. The van der Waals surface area contributed by atoms with Gasteiger partial charge in [0, 0.05) is 12.5 Å². The van der Waals surface area contributed by atoms with Gasteiger partial charge < -0.3 is 10.0 Å². The van der Waals surface area contributed by atoms with Crippen molar-refractivity contribution in [3.05, 3.63) is 46.0 Å². The van der Waals surface area contributed by atoms with Gasteiger partial charge in [-0.3, -0.25) is 9.36 Å². The summed E-state index contributed by atoms with van der Waals surface area (Å²) < 4.78 is 41.3. The summed E-state index contributed by atoms with van der Waals surface area (Å²) in [5.41, 5.74) is -1.20. The number of aromatic nitrogens is 2. The van der Waals surface area contributed by atoms with Gasteiger partial charge in [0.05, 0.1) is 23.3 Å². The zero-order valence-electron chi connectivity index (χ0n) is 14.1. The number of rotatable bonds is 2. The number of imidazole rings is 1. The van der Waals surface area contributed by atoms with E-state index in [1.807, 2.05) is 0 Å². The molecular formula is C18H16F3N3O3. The van der Waals surface area contributed by atoms with Gasteiger partial charge in [-0.1, -0.05) is 6.07 Å². The lowest BCUT2D eigenvalue weighted by atomic mass is 10.1. The molecule has 1 aromatic carbocycles. The Morgan fingerprint density at radius 1 is 1.22 bits per heavy atom. The van der Waals surface area contributed by atoms with Crippen LogP contribution in [0.1, 0.15) is 42.6 Å². The molecule has 3 heterocycles. The summed E-state index contributed by atoms with van der Waals surface area (Å²) in [7, 11) is 0. The van der Waals surface area contributed by atoms with Crippen LogP contribution >= 0.6 is 0 Å². The third-order valence-corrected chi connectivity index (χ3v) is 5.70. The summed E-state index contributed by atoms with van der Waals surface area (Å²) in [4.78, 5) is 27.0. The number of halogens is 3. The van der Waals surface area contributed by atoms with Gasteiger partial charge in [-0.25, -0.2) is 9.36 Å². The minimum Gasteiger partial charge on any atom is -0.493 e. The molecule has 9 heteroatoms. The molecule has 1 aromatic heterocycles. The molecule has 27 heavy (non-hydrogen) atoms. The van der Waals surface area contributed by atoms with Gasteiger partial charge in [0.1, 0.15) is 5.69 Å². The molecule has 6 nitrogen and oxygen atoms in total. The van der Waals surface area contributed by atoms with Crippen molar-refractivity contribution in [3.8, 4) is 11.6 Å². The normalized spacial score (nSPS) is 23.7. The first kappa shape index (κ1) is 16.5. The van der Waals surface area contributed by atoms with Crippen LogP contribution in [0.3, 0.4) is 0 Å². The van der Waals surface area contributed by atoms with Gasteiger partial charge >= 0.3 is 11.9 Å². The molecule has 2 unspecified atom stereocenters. The lowest BCUT2D eigenvalue weighted by Crippen LogP contribution is -2.38. The van der Waals surface area contributed by atoms with E-state index in [1.165, 1.54) is 16.7 Å². The molecule has 1 amide bonds. The highest BCUT2D eigenvalue weighted by Gasteiger charge is 2.51. The highest BCUT2D eigenvalue weighted by atomic mass is 19.4. The van der Waals surface area contributed by atoms with Crippen LogP contribution in [0.25, 0.3) is 5.69 Å². The SMILES string of the molecule is O=C(C1CC1)N1CC2CC1c1c(O)n(-c3cccc(C(F)(F)F)c3)c(=O)n12. The lowest BCUT2D eigenvalue weighted by Gasteiger charge is -2.27. The van der Waals surface area contributed by atoms with E-state index in [-0.39, 0.29) is 29.4 Å². The number of alkyl halides is 3. The van der Waals surface area contributed by atoms with Gasteiger partial charge in [0.25, 0.3) is 0 Å². The molecule has 2 bridgehead atoms. The summed E-state index contributed by atoms with van der Waals surface area (Å²) in [5, 5.41) is 10.7. The quantitative estimate of drug-likeness (QED) is 0.872. The molecule has 5 rings (SSSR count). The van der Waals surface area contributed by atoms with Crippen LogP contribution in [0.4, 0.5) is 13.2 Å². The number of fused-ring (bicyclic) bond motifs is 5. The van der Waals surface area contributed by atoms with Crippen LogP contribution in [0.15, 0.2) is 29.1 Å². The minimum absolute atomic E-state index is 0.0252. The Balaban J connectivity index is 1.60. The van der Waals surface area contributed by atoms with E-state index in [1.54, 1.807) is 4.90 Å². The average Bonchev–Trinajstić information content (AvgIpc) is 3.21. The third-order valence-electron chi connectivity index (χ3n) is 5.70. The fraction of sp³-hybridized carbons (Fsp3) is 0.444. The molecule has 1 aliphatic carbocycles. The van der Waals surface area contributed by atoms with Gasteiger partial charge in [0.2, 0.25) is 11.8 Å². The van der Waals surface area contributed by atoms with E-state index in [4.69, 9.17) is 0 Å². The standard InChI is InChI=1S/C18H16F3N3O3/c19-18(20,21)10-2-1-3-11(6-10)24-16(26)14-13-7-12(23(14)17(24)27)8-22(13)15(25)9-4-5-9/h1-3,6,9,12-13,26H,4-5,7-8H2. The van der Waals surface area contributed by atoms with E-state index < -0.39 is 23.5 Å². The molecule has 1 N–H and O–H groups in total. The van der Waals surface area contributed by atoms with Crippen molar-refractivity contribution in [1.82, 2.24) is 14.0 Å². The van der Waals surface area contributed by atoms with Crippen molar-refractivity contribution in [2.75, 3.05) is 6.54 Å². The molecule has 2 fully saturated rings. The molecule has 2 atom stereocenters. The summed E-state index contributed by atoms with van der Waals surface area (Å²) >= 11 is 0. The number of carbonyl (C=O) groups excluding carboxylic acids is 1. The first-order valence-electron chi connectivity index (χ1n) is 8.81. The Hall–Kier alpha value is -2.71. The van der Waals surface area contributed by atoms with Crippen molar-refractivity contribution in [2.24, 2.45) is 5.92 Å². The number of hydrogen-bond acceptors (Lipinski definition) is 3. The second-order valence-electron chi connectivity index (χ2n) is 7.42. The summed E-state index contributed by atoms with van der Waals surface area (Å²) in [6.07, 6.45) is -2.28. The maximum atomic E-state index is 13.0. The van der Waals surface area contributed by atoms with Crippen LogP contribution in [0.2, 0.25) is 0 Å². The van der Waals surface area contributed by atoms with Gasteiger partial charge in [0.15, 0.2) is 0 Å². The van der Waals surface area contributed by atoms with Crippen LogP contribution in [-0.4, -0.2) is 31.6 Å². The molecule has 0 spiro atoms. The monoisotopic (exact) mass is 379 g/mol. The largest absolute Gasteiger partial charge is 0.493 e. The zero-order valence-corrected chi connectivity index (χ0v) is 14.1. The predicted molar refractivity (Wildman–Crippen MR) is 87.5 cm³/mol. The number of amides is 1. The third kappa shape index (κ3) is 2.26. The van der Waals surface area contributed by atoms with Crippen LogP contribution < -0.4 is 5.69 Å². The number of nitrogens with zero attached hydrogens (tertiary/aromatic N) is 3. The smallest absolute Gasteiger partial charge is 0.416 e. The summed E-state index contributed by atoms with van der Waals surface area (Å²) in [6, 6.07) is 3.65. The Labute approximate surface area is 151 Å². The van der Waals surface area contributed by atoms with E-state index >= 15 is 0 Å². The van der Waals surface area contributed by atoms with Crippen molar-refractivity contribution < 1.29 is 23.1 Å². The summed E-state index contributed by atoms with van der Waals surface area (Å²) in [6.45, 7) is 0.402. The van der Waals surface area contributed by atoms with E-state index in [2.05, 4.69) is 0 Å². The zero-order chi connectivity index (χ0) is 19.1. The molecule has 3 aliphatic rings. The maximum Gasteiger partial charge on any atom is 0.416 e. The molecule has 1 saturated heterocycles. The Kier molecular flexibility index (Phi) is 3.15. The molecule has 1 saturated carbocycles. The van der Waals surface area contributed by atoms with Crippen LogP contribution in [0.5, 0.6) is 5.88 Å². The lowest BCUT2D eigenvalue weighted by molar-refractivity contribution is -0.137. The van der Waals surface area contributed by atoms with Crippen molar-refractivity contribution in [3.63, 3.8) is 0 Å². The second-order valence-corrected chi connectivity index (χ2v) is 7.42. The van der Waals surface area contributed by atoms with Gasteiger partial charge in [-0.2, -0.15) is 13.2 Å². The molecular weight excluding hydrogens is 363 g/mol. The van der Waals surface area contributed by atoms with Crippen molar-refractivity contribution >= 4 is 5.91 Å². The minimum atomic E-state index is -4.55. The fourth-order valence-corrected chi connectivity index (χ4v) is 4.31. The predicted octanol–water partition coefficient (Wildman–Crippen LogP) is 2.60.